The maximum atomic E-state index is 6.36. The first kappa shape index (κ1) is 12.0. The number of hydrogen-bond donors (Lipinski definition) is 1. The zero-order valence-corrected chi connectivity index (χ0v) is 11.6. The molecular weight excluding hydrogens is 260 g/mol. The summed E-state index contributed by atoms with van der Waals surface area (Å²) in [5, 5.41) is 4.29. The third kappa shape index (κ3) is 1.78. The van der Waals surface area contributed by atoms with Crippen molar-refractivity contribution in [3.63, 3.8) is 0 Å². The molecule has 0 aliphatic rings. The quantitative estimate of drug-likeness (QED) is 0.531. The Kier molecular flexibility index (Phi) is 2.48. The van der Waals surface area contributed by atoms with Gasteiger partial charge in [0, 0.05) is 16.8 Å². The van der Waals surface area contributed by atoms with Crippen LogP contribution in [0, 0.1) is 0 Å². The van der Waals surface area contributed by atoms with Gasteiger partial charge in [0.2, 0.25) is 0 Å². The molecule has 102 valence electrons. The van der Waals surface area contributed by atoms with Crippen LogP contribution < -0.4 is 10.5 Å². The van der Waals surface area contributed by atoms with Crippen LogP contribution in [-0.2, 0) is 0 Å². The van der Waals surface area contributed by atoms with Crippen LogP contribution in [0.5, 0.6) is 5.75 Å². The number of nitrogen functional groups attached to an aromatic ring is 1. The average molecular weight is 274 g/mol. The van der Waals surface area contributed by atoms with Crippen molar-refractivity contribution in [1.29, 1.82) is 0 Å². The van der Waals surface area contributed by atoms with Gasteiger partial charge in [0.05, 0.1) is 23.8 Å². The number of anilines is 1. The van der Waals surface area contributed by atoms with Gasteiger partial charge in [0.1, 0.15) is 5.75 Å². The lowest BCUT2D eigenvalue weighted by atomic mass is 10.0. The van der Waals surface area contributed by atoms with Crippen LogP contribution in [0.3, 0.4) is 0 Å². The van der Waals surface area contributed by atoms with Crippen molar-refractivity contribution in [3.05, 3.63) is 54.6 Å². The summed E-state index contributed by atoms with van der Waals surface area (Å²) < 4.78 is 5.26. The van der Waals surface area contributed by atoms with E-state index >= 15 is 0 Å². The van der Waals surface area contributed by atoms with Crippen LogP contribution in [0.4, 0.5) is 5.69 Å². The molecule has 0 atom stereocenters. The fourth-order valence-corrected chi connectivity index (χ4v) is 2.77. The third-order valence-electron chi connectivity index (χ3n) is 3.89. The minimum Gasteiger partial charge on any atom is -0.497 e. The van der Waals surface area contributed by atoms with Crippen molar-refractivity contribution in [2.75, 3.05) is 12.8 Å². The summed E-state index contributed by atoms with van der Waals surface area (Å²) in [6.07, 6.45) is 0. The molecule has 0 aliphatic heterocycles. The van der Waals surface area contributed by atoms with E-state index in [1.165, 1.54) is 10.8 Å². The van der Waals surface area contributed by atoms with Crippen molar-refractivity contribution in [2.45, 2.75) is 0 Å². The molecule has 21 heavy (non-hydrogen) atoms. The molecule has 2 N–H and O–H groups in total. The zero-order valence-electron chi connectivity index (χ0n) is 11.6. The Labute approximate surface area is 122 Å². The average Bonchev–Trinajstić information content (AvgIpc) is 2.53. The van der Waals surface area contributed by atoms with E-state index in [9.17, 15) is 0 Å². The van der Waals surface area contributed by atoms with E-state index in [0.29, 0.717) is 0 Å². The van der Waals surface area contributed by atoms with Crippen molar-refractivity contribution in [1.82, 2.24) is 4.98 Å². The Bertz CT molecular complexity index is 992. The lowest BCUT2D eigenvalue weighted by Crippen LogP contribution is -1.93. The number of rotatable bonds is 1. The van der Waals surface area contributed by atoms with E-state index in [0.717, 1.165) is 33.2 Å². The Hall–Kier alpha value is -2.81. The second-order valence-electron chi connectivity index (χ2n) is 5.13. The van der Waals surface area contributed by atoms with Crippen LogP contribution in [0.15, 0.2) is 54.6 Å². The molecule has 1 aromatic heterocycles. The number of pyridine rings is 1. The van der Waals surface area contributed by atoms with Crippen molar-refractivity contribution < 1.29 is 4.74 Å². The molecule has 3 heteroatoms. The maximum absolute atomic E-state index is 6.36. The molecule has 0 unspecified atom stereocenters. The smallest absolute Gasteiger partial charge is 0.121 e. The SMILES string of the molecule is COc1ccc2c(N)c3cc4ccccc4cc3nc2c1. The van der Waals surface area contributed by atoms with Gasteiger partial charge in [-0.25, -0.2) is 4.98 Å². The summed E-state index contributed by atoms with van der Waals surface area (Å²) in [5.41, 5.74) is 8.89. The molecule has 4 aromatic rings. The summed E-state index contributed by atoms with van der Waals surface area (Å²) in [4.78, 5) is 4.74. The predicted octanol–water partition coefficient (Wildman–Crippen LogP) is 4.13. The van der Waals surface area contributed by atoms with Crippen molar-refractivity contribution in [3.8, 4) is 5.75 Å². The van der Waals surface area contributed by atoms with Gasteiger partial charge in [-0.2, -0.15) is 0 Å². The van der Waals surface area contributed by atoms with E-state index < -0.39 is 0 Å². The summed E-state index contributed by atoms with van der Waals surface area (Å²) in [7, 11) is 1.65. The molecular formula is C18H14N2O. The lowest BCUT2D eigenvalue weighted by Gasteiger charge is -2.09. The Morgan fingerprint density at radius 3 is 2.33 bits per heavy atom. The Balaban J connectivity index is 2.16. The molecule has 0 spiro atoms. The lowest BCUT2D eigenvalue weighted by molar-refractivity contribution is 0.415. The number of benzene rings is 3. The van der Waals surface area contributed by atoms with E-state index in [2.05, 4.69) is 24.3 Å². The highest BCUT2D eigenvalue weighted by atomic mass is 16.5. The van der Waals surface area contributed by atoms with Gasteiger partial charge in [0.15, 0.2) is 0 Å². The number of ether oxygens (including phenoxy) is 1. The van der Waals surface area contributed by atoms with Gasteiger partial charge in [-0.3, -0.25) is 0 Å². The minimum absolute atomic E-state index is 0.767. The topological polar surface area (TPSA) is 48.1 Å². The Morgan fingerprint density at radius 1 is 0.857 bits per heavy atom. The highest BCUT2D eigenvalue weighted by Crippen LogP contribution is 2.32. The van der Waals surface area contributed by atoms with Gasteiger partial charge in [-0.1, -0.05) is 24.3 Å². The summed E-state index contributed by atoms with van der Waals surface area (Å²) in [6, 6.07) is 18.2. The standard InChI is InChI=1S/C18H14N2O/c1-21-13-6-7-14-17(10-13)20-16-9-12-5-3-2-4-11(12)8-15(16)18(14)19/h2-10H,1H3,(H2,19,20). The second-order valence-corrected chi connectivity index (χ2v) is 5.13. The highest BCUT2D eigenvalue weighted by Gasteiger charge is 2.08. The van der Waals surface area contributed by atoms with Gasteiger partial charge in [0.25, 0.3) is 0 Å². The van der Waals surface area contributed by atoms with E-state index in [-0.39, 0.29) is 0 Å². The number of hydrogen-bond acceptors (Lipinski definition) is 3. The fourth-order valence-electron chi connectivity index (χ4n) is 2.77. The number of nitrogens with zero attached hydrogens (tertiary/aromatic N) is 1. The van der Waals surface area contributed by atoms with E-state index in [1.54, 1.807) is 7.11 Å². The summed E-state index contributed by atoms with van der Waals surface area (Å²) in [6.45, 7) is 0. The maximum Gasteiger partial charge on any atom is 0.121 e. The fraction of sp³-hybridized carbons (Fsp3) is 0.0556. The van der Waals surface area contributed by atoms with Crippen molar-refractivity contribution >= 4 is 38.3 Å². The van der Waals surface area contributed by atoms with Crippen LogP contribution in [0.25, 0.3) is 32.6 Å². The second kappa shape index (κ2) is 4.35. The molecule has 3 nitrogen and oxygen atoms in total. The molecule has 0 bridgehead atoms. The van der Waals surface area contributed by atoms with Gasteiger partial charge >= 0.3 is 0 Å². The number of fused-ring (bicyclic) bond motifs is 3. The van der Waals surface area contributed by atoms with Crippen LogP contribution in [-0.4, -0.2) is 12.1 Å². The predicted molar refractivity (Wildman–Crippen MR) is 87.7 cm³/mol. The van der Waals surface area contributed by atoms with Gasteiger partial charge < -0.3 is 10.5 Å². The Morgan fingerprint density at radius 2 is 1.57 bits per heavy atom. The van der Waals surface area contributed by atoms with Gasteiger partial charge in [-0.05, 0) is 35.0 Å². The largest absolute Gasteiger partial charge is 0.497 e. The first-order valence-electron chi connectivity index (χ1n) is 6.82. The summed E-state index contributed by atoms with van der Waals surface area (Å²) in [5.74, 6) is 0.787. The molecule has 0 amide bonds. The molecule has 0 saturated carbocycles. The van der Waals surface area contributed by atoms with E-state index in [4.69, 9.17) is 15.5 Å². The van der Waals surface area contributed by atoms with Crippen molar-refractivity contribution in [2.24, 2.45) is 0 Å². The number of methoxy groups -OCH3 is 1. The highest BCUT2D eigenvalue weighted by molar-refractivity contribution is 6.10. The first-order chi connectivity index (χ1) is 10.3. The first-order valence-corrected chi connectivity index (χ1v) is 6.82. The van der Waals surface area contributed by atoms with Crippen LogP contribution in [0.2, 0.25) is 0 Å². The molecule has 3 aromatic carbocycles. The zero-order chi connectivity index (χ0) is 14.4. The number of aromatic nitrogens is 1. The number of nitrogens with two attached hydrogens (primary N) is 1. The molecule has 0 aliphatic carbocycles. The molecule has 0 saturated heterocycles. The van der Waals surface area contributed by atoms with Crippen LogP contribution >= 0.6 is 0 Å². The third-order valence-corrected chi connectivity index (χ3v) is 3.89. The molecule has 0 radical (unpaired) electrons. The summed E-state index contributed by atoms with van der Waals surface area (Å²) >= 11 is 0. The van der Waals surface area contributed by atoms with Crippen LogP contribution in [0.1, 0.15) is 0 Å². The van der Waals surface area contributed by atoms with E-state index in [1.807, 2.05) is 30.3 Å². The normalized spacial score (nSPS) is 11.3. The molecule has 0 fully saturated rings. The minimum atomic E-state index is 0.767. The monoisotopic (exact) mass is 274 g/mol. The molecule has 1 heterocycles. The molecule has 4 rings (SSSR count). The van der Waals surface area contributed by atoms with Gasteiger partial charge in [-0.15, -0.1) is 0 Å².